The molecule has 0 fully saturated rings. The highest BCUT2D eigenvalue weighted by molar-refractivity contribution is 5.90. The second-order valence-electron chi connectivity index (χ2n) is 12.1. The van der Waals surface area contributed by atoms with Crippen LogP contribution in [0.25, 0.3) is 11.6 Å². The van der Waals surface area contributed by atoms with Gasteiger partial charge in [-0.1, -0.05) is 172 Å². The molecule has 0 saturated carbocycles. The van der Waals surface area contributed by atoms with Crippen LogP contribution >= 0.6 is 0 Å². The van der Waals surface area contributed by atoms with Crippen LogP contribution in [0.2, 0.25) is 0 Å². The van der Waals surface area contributed by atoms with Gasteiger partial charge in [0.1, 0.15) is 0 Å². The third-order valence-electron chi connectivity index (χ3n) is 8.09. The fourth-order valence-corrected chi connectivity index (χ4v) is 5.84. The minimum absolute atomic E-state index is 0.0684. The lowest BCUT2D eigenvalue weighted by molar-refractivity contribution is 0.444. The predicted molar refractivity (Wildman–Crippen MR) is 186 cm³/mol. The maximum absolute atomic E-state index is 4.57. The first-order chi connectivity index (χ1) is 19.8. The van der Waals surface area contributed by atoms with Crippen LogP contribution in [0.15, 0.2) is 102 Å². The molecule has 0 nitrogen and oxygen atoms in total. The van der Waals surface area contributed by atoms with Crippen LogP contribution in [0.1, 0.15) is 129 Å². The minimum Gasteiger partial charge on any atom is -0.0915 e. The lowest BCUT2D eigenvalue weighted by atomic mass is 9.65. The Morgan fingerprint density at radius 1 is 0.805 bits per heavy atom. The van der Waals surface area contributed by atoms with E-state index in [2.05, 4.69) is 134 Å². The quantitative estimate of drug-likeness (QED) is 0.172. The molecule has 1 aliphatic carbocycles. The summed E-state index contributed by atoms with van der Waals surface area (Å²) in [4.78, 5) is 0. The minimum atomic E-state index is 0.0684. The number of unbranched alkanes of at least 4 members (excludes halogenated alkanes) is 6. The van der Waals surface area contributed by atoms with Crippen LogP contribution in [0, 0.1) is 5.41 Å². The van der Waals surface area contributed by atoms with Crippen molar-refractivity contribution >= 4 is 11.6 Å². The van der Waals surface area contributed by atoms with Gasteiger partial charge in [0.2, 0.25) is 0 Å². The van der Waals surface area contributed by atoms with Crippen molar-refractivity contribution in [2.75, 3.05) is 0 Å². The summed E-state index contributed by atoms with van der Waals surface area (Å²) in [6.07, 6.45) is 23.1. The molecular formula is C41H58. The van der Waals surface area contributed by atoms with Crippen molar-refractivity contribution < 1.29 is 0 Å². The van der Waals surface area contributed by atoms with E-state index in [1.807, 2.05) is 0 Å². The van der Waals surface area contributed by atoms with Gasteiger partial charge in [0.15, 0.2) is 0 Å². The zero-order valence-electron chi connectivity index (χ0n) is 27.5. The molecule has 0 unspecified atom stereocenters. The van der Waals surface area contributed by atoms with Crippen LogP contribution in [-0.2, 0) is 6.42 Å². The normalized spacial score (nSPS) is 16.8. The van der Waals surface area contributed by atoms with E-state index in [-0.39, 0.29) is 5.41 Å². The molecule has 0 saturated heterocycles. The molecule has 2 aromatic rings. The number of allylic oxidation sites excluding steroid dienone is 8. The monoisotopic (exact) mass is 550 g/mol. The largest absolute Gasteiger partial charge is 0.0915 e. The maximum Gasteiger partial charge on any atom is -0.00600 e. The Hall–Kier alpha value is -2.86. The summed E-state index contributed by atoms with van der Waals surface area (Å²) in [5.74, 6) is 0. The van der Waals surface area contributed by atoms with Crippen molar-refractivity contribution in [2.24, 2.45) is 5.41 Å². The fourth-order valence-electron chi connectivity index (χ4n) is 5.84. The van der Waals surface area contributed by atoms with Gasteiger partial charge in [0, 0.05) is 0 Å². The van der Waals surface area contributed by atoms with Crippen LogP contribution < -0.4 is 0 Å². The first-order valence-electron chi connectivity index (χ1n) is 16.4. The molecule has 0 amide bonds. The Bertz CT molecular complexity index is 1160. The van der Waals surface area contributed by atoms with E-state index >= 15 is 0 Å². The molecule has 0 N–H and O–H groups in total. The van der Waals surface area contributed by atoms with Gasteiger partial charge in [0.05, 0.1) is 0 Å². The molecule has 0 spiro atoms. The van der Waals surface area contributed by atoms with Crippen LogP contribution in [-0.4, -0.2) is 0 Å². The van der Waals surface area contributed by atoms with Crippen molar-refractivity contribution in [3.05, 3.63) is 118 Å². The summed E-state index contributed by atoms with van der Waals surface area (Å²) in [6.45, 7) is 20.4. The Morgan fingerprint density at radius 3 is 2.00 bits per heavy atom. The van der Waals surface area contributed by atoms with E-state index in [4.69, 9.17) is 0 Å². The predicted octanol–water partition coefficient (Wildman–Crippen LogP) is 13.1. The summed E-state index contributed by atoms with van der Waals surface area (Å²) in [5, 5.41) is 0. The molecule has 222 valence electrons. The first kappa shape index (κ1) is 34.3. The fraction of sp³-hybridized carbons (Fsp3) is 0.463. The van der Waals surface area contributed by atoms with Gasteiger partial charge in [-0.05, 0) is 82.6 Å². The van der Waals surface area contributed by atoms with E-state index in [1.165, 1.54) is 96.8 Å². The molecule has 0 radical (unpaired) electrons. The Morgan fingerprint density at radius 2 is 1.44 bits per heavy atom. The third-order valence-corrected chi connectivity index (χ3v) is 8.09. The highest BCUT2D eigenvalue weighted by atomic mass is 14.4. The topological polar surface area (TPSA) is 0 Å². The smallest absolute Gasteiger partial charge is 0.00600 e. The van der Waals surface area contributed by atoms with Crippen LogP contribution in [0.4, 0.5) is 0 Å². The molecule has 1 aliphatic rings. The van der Waals surface area contributed by atoms with E-state index in [1.54, 1.807) is 0 Å². The maximum atomic E-state index is 4.57. The SMILES string of the molecule is C=C(/C=C/c1ccc(CCCCCCC)cc1)C1=C(c2ccccc2)C(=C/CC)/C(=C\C)C(C)(C)C1.CCCCC. The molecular weight excluding hydrogens is 492 g/mol. The van der Waals surface area contributed by atoms with Gasteiger partial charge < -0.3 is 0 Å². The average molecular weight is 551 g/mol. The second-order valence-corrected chi connectivity index (χ2v) is 12.1. The molecule has 0 atom stereocenters. The van der Waals surface area contributed by atoms with Crippen molar-refractivity contribution in [3.8, 4) is 0 Å². The van der Waals surface area contributed by atoms with Gasteiger partial charge in [-0.25, -0.2) is 0 Å². The molecule has 0 heterocycles. The summed E-state index contributed by atoms with van der Waals surface area (Å²) < 4.78 is 0. The van der Waals surface area contributed by atoms with Gasteiger partial charge in [-0.15, -0.1) is 0 Å². The lowest BCUT2D eigenvalue weighted by Crippen LogP contribution is -2.24. The Balaban J connectivity index is 0.00000108. The van der Waals surface area contributed by atoms with E-state index in [0.29, 0.717) is 0 Å². The van der Waals surface area contributed by atoms with Crippen molar-refractivity contribution in [2.45, 2.75) is 119 Å². The standard InChI is InChI=1S/C36H46.C5H12/c1-7-10-11-12-14-18-29-23-25-30(26-24-29)22-21-28(4)33-27-36(5,6)34(9-3)32(17-8-2)35(33)31-19-15-13-16-20-31;1-3-5-4-2/h9,13,15-17,19-26H,4,7-8,10-12,14,18,27H2,1-3,5-6H3;3-5H2,1-2H3/b22-21+,32-17+,34-9+;. The Kier molecular flexibility index (Phi) is 15.5. The number of hydrogen-bond acceptors (Lipinski definition) is 0. The number of aryl methyl sites for hydroxylation is 1. The summed E-state index contributed by atoms with van der Waals surface area (Å²) in [6, 6.07) is 19.9. The molecule has 0 bridgehead atoms. The number of benzene rings is 2. The van der Waals surface area contributed by atoms with E-state index in [9.17, 15) is 0 Å². The number of hydrogen-bond donors (Lipinski definition) is 0. The summed E-state index contributed by atoms with van der Waals surface area (Å²) >= 11 is 0. The molecule has 2 aromatic carbocycles. The first-order valence-corrected chi connectivity index (χ1v) is 16.4. The molecule has 0 aromatic heterocycles. The zero-order valence-corrected chi connectivity index (χ0v) is 27.5. The highest BCUT2D eigenvalue weighted by Gasteiger charge is 2.35. The lowest BCUT2D eigenvalue weighted by Gasteiger charge is -2.39. The zero-order chi connectivity index (χ0) is 30.1. The molecule has 3 rings (SSSR count). The van der Waals surface area contributed by atoms with Crippen molar-refractivity contribution in [1.29, 1.82) is 0 Å². The van der Waals surface area contributed by atoms with Gasteiger partial charge >= 0.3 is 0 Å². The average Bonchev–Trinajstić information content (AvgIpc) is 2.97. The summed E-state index contributed by atoms with van der Waals surface area (Å²) in [5.41, 5.74) is 10.6. The van der Waals surface area contributed by atoms with E-state index in [0.717, 1.165) is 18.4 Å². The third kappa shape index (κ3) is 10.8. The van der Waals surface area contributed by atoms with Crippen molar-refractivity contribution in [3.63, 3.8) is 0 Å². The van der Waals surface area contributed by atoms with Crippen LogP contribution in [0.3, 0.4) is 0 Å². The van der Waals surface area contributed by atoms with Gasteiger partial charge in [-0.3, -0.25) is 0 Å². The molecule has 41 heavy (non-hydrogen) atoms. The highest BCUT2D eigenvalue weighted by Crippen LogP contribution is 2.51. The van der Waals surface area contributed by atoms with Crippen molar-refractivity contribution in [1.82, 2.24) is 0 Å². The van der Waals surface area contributed by atoms with Crippen LogP contribution in [0.5, 0.6) is 0 Å². The van der Waals surface area contributed by atoms with Gasteiger partial charge in [-0.2, -0.15) is 0 Å². The van der Waals surface area contributed by atoms with Gasteiger partial charge in [0.25, 0.3) is 0 Å². The summed E-state index contributed by atoms with van der Waals surface area (Å²) in [7, 11) is 0. The Labute approximate surface area is 254 Å². The van der Waals surface area contributed by atoms with E-state index < -0.39 is 0 Å². The molecule has 0 heteroatoms. The number of rotatable bonds is 13. The molecule has 0 aliphatic heterocycles. The second kappa shape index (κ2) is 18.5.